The predicted molar refractivity (Wildman–Crippen MR) is 85.2 cm³/mol. The number of carbonyl (C=O) groups is 2. The van der Waals surface area contributed by atoms with E-state index in [9.17, 15) is 18.4 Å². The van der Waals surface area contributed by atoms with Crippen LogP contribution in [0, 0.1) is 3.57 Å². The number of piperidine rings is 1. The number of hydrogen-bond acceptors (Lipinski definition) is 3. The Balaban J connectivity index is 2.20. The van der Waals surface area contributed by atoms with E-state index in [0.717, 1.165) is 0 Å². The van der Waals surface area contributed by atoms with Crippen LogP contribution in [0.5, 0.6) is 0 Å². The van der Waals surface area contributed by atoms with Gasteiger partial charge in [0, 0.05) is 29.5 Å². The third-order valence-corrected chi connectivity index (χ3v) is 4.67. The lowest BCUT2D eigenvalue weighted by Gasteiger charge is -2.32. The van der Waals surface area contributed by atoms with Crippen LogP contribution in [0.3, 0.4) is 0 Å². The van der Waals surface area contributed by atoms with E-state index in [1.807, 2.05) is 22.6 Å². The van der Waals surface area contributed by atoms with Crippen LogP contribution in [-0.2, 0) is 4.74 Å². The van der Waals surface area contributed by atoms with Crippen molar-refractivity contribution in [1.29, 1.82) is 0 Å². The number of likely N-dealkylation sites (tertiary alicyclic amines) is 1. The Labute approximate surface area is 140 Å². The molecule has 0 unspecified atom stereocenters. The normalized spacial score (nSPS) is 17.2. The van der Waals surface area contributed by atoms with Gasteiger partial charge in [-0.2, -0.15) is 0 Å². The molecule has 0 bridgehead atoms. The van der Waals surface area contributed by atoms with Crippen molar-refractivity contribution in [3.63, 3.8) is 0 Å². The second kappa shape index (κ2) is 6.89. The van der Waals surface area contributed by atoms with Gasteiger partial charge in [0.25, 0.3) is 11.8 Å². The molecule has 120 valence electrons. The number of hydrogen-bond donors (Lipinski definition) is 0. The molecule has 22 heavy (non-hydrogen) atoms. The van der Waals surface area contributed by atoms with Crippen LogP contribution in [0.2, 0.25) is 0 Å². The van der Waals surface area contributed by atoms with E-state index < -0.39 is 11.9 Å². The Kier molecular flexibility index (Phi) is 5.36. The van der Waals surface area contributed by atoms with E-state index in [1.54, 1.807) is 25.1 Å². The van der Waals surface area contributed by atoms with Gasteiger partial charge in [0.2, 0.25) is 0 Å². The van der Waals surface area contributed by atoms with E-state index in [0.29, 0.717) is 14.7 Å². The van der Waals surface area contributed by atoms with Gasteiger partial charge < -0.3 is 9.64 Å². The largest absolute Gasteiger partial charge is 0.462 e. The fourth-order valence-corrected chi connectivity index (χ4v) is 3.08. The van der Waals surface area contributed by atoms with Crippen LogP contribution in [0.15, 0.2) is 18.2 Å². The maximum Gasteiger partial charge on any atom is 0.339 e. The van der Waals surface area contributed by atoms with Gasteiger partial charge in [-0.15, -0.1) is 0 Å². The molecule has 2 rings (SSSR count). The molecule has 4 nitrogen and oxygen atoms in total. The van der Waals surface area contributed by atoms with Crippen molar-refractivity contribution in [2.24, 2.45) is 0 Å². The van der Waals surface area contributed by atoms with Gasteiger partial charge in [-0.1, -0.05) is 6.07 Å². The Morgan fingerprint density at radius 1 is 1.27 bits per heavy atom. The van der Waals surface area contributed by atoms with E-state index in [2.05, 4.69) is 0 Å². The number of benzene rings is 1. The molecule has 0 spiro atoms. The minimum absolute atomic E-state index is 0.0194. The molecular formula is C15H16F2INO3. The monoisotopic (exact) mass is 423 g/mol. The van der Waals surface area contributed by atoms with Gasteiger partial charge in [-0.25, -0.2) is 13.6 Å². The summed E-state index contributed by atoms with van der Waals surface area (Å²) in [6.07, 6.45) is -0.653. The topological polar surface area (TPSA) is 46.6 Å². The first-order valence-corrected chi connectivity index (χ1v) is 8.06. The van der Waals surface area contributed by atoms with Gasteiger partial charge in [0.05, 0.1) is 17.7 Å². The summed E-state index contributed by atoms with van der Waals surface area (Å²) in [6, 6.07) is 4.78. The van der Waals surface area contributed by atoms with E-state index in [-0.39, 0.29) is 38.4 Å². The van der Waals surface area contributed by atoms with Crippen LogP contribution in [0.25, 0.3) is 0 Å². The lowest BCUT2D eigenvalue weighted by molar-refractivity contribution is -0.0494. The van der Waals surface area contributed by atoms with E-state index in [4.69, 9.17) is 4.74 Å². The molecule has 7 heteroatoms. The van der Waals surface area contributed by atoms with Gasteiger partial charge in [-0.3, -0.25) is 4.79 Å². The average Bonchev–Trinajstić information content (AvgIpc) is 2.47. The van der Waals surface area contributed by atoms with Crippen molar-refractivity contribution < 1.29 is 23.1 Å². The number of nitrogens with zero attached hydrogens (tertiary/aromatic N) is 1. The third-order valence-electron chi connectivity index (χ3n) is 3.51. The zero-order valence-corrected chi connectivity index (χ0v) is 14.2. The molecular weight excluding hydrogens is 407 g/mol. The van der Waals surface area contributed by atoms with E-state index in [1.165, 1.54) is 4.90 Å². The number of rotatable bonds is 3. The standard InChI is InChI=1S/C15H16F2INO3/c1-2-22-14(21)11-5-3-4-10(12(11)18)13(20)19-8-6-15(16,17)7-9-19/h3-5H,2,6-9H2,1H3. The second-order valence-electron chi connectivity index (χ2n) is 5.04. The lowest BCUT2D eigenvalue weighted by atomic mass is 10.0. The van der Waals surface area contributed by atoms with Gasteiger partial charge in [0.15, 0.2) is 0 Å². The molecule has 1 fully saturated rings. The van der Waals surface area contributed by atoms with Crippen molar-refractivity contribution in [3.05, 3.63) is 32.9 Å². The van der Waals surface area contributed by atoms with Crippen molar-refractivity contribution >= 4 is 34.5 Å². The summed E-state index contributed by atoms with van der Waals surface area (Å²) in [5, 5.41) is 0. The van der Waals surface area contributed by atoms with Crippen molar-refractivity contribution in [3.8, 4) is 0 Å². The van der Waals surface area contributed by atoms with Crippen molar-refractivity contribution in [2.75, 3.05) is 19.7 Å². The van der Waals surface area contributed by atoms with E-state index >= 15 is 0 Å². The molecule has 0 aliphatic carbocycles. The molecule has 1 heterocycles. The zero-order valence-electron chi connectivity index (χ0n) is 12.1. The highest BCUT2D eigenvalue weighted by atomic mass is 127. The summed E-state index contributed by atoms with van der Waals surface area (Å²) >= 11 is 1.92. The summed E-state index contributed by atoms with van der Waals surface area (Å²) in [4.78, 5) is 25.7. The predicted octanol–water partition coefficient (Wildman–Crippen LogP) is 3.34. The Morgan fingerprint density at radius 3 is 2.45 bits per heavy atom. The first-order chi connectivity index (χ1) is 10.4. The highest BCUT2D eigenvalue weighted by Crippen LogP contribution is 2.29. The van der Waals surface area contributed by atoms with Crippen LogP contribution in [-0.4, -0.2) is 42.4 Å². The molecule has 1 aliphatic heterocycles. The summed E-state index contributed by atoms with van der Waals surface area (Å²) in [7, 11) is 0. The number of halogens is 3. The van der Waals surface area contributed by atoms with Crippen LogP contribution in [0.1, 0.15) is 40.5 Å². The van der Waals surface area contributed by atoms with Gasteiger partial charge >= 0.3 is 5.97 Å². The zero-order chi connectivity index (χ0) is 16.3. The maximum absolute atomic E-state index is 13.2. The fraction of sp³-hybridized carbons (Fsp3) is 0.467. The molecule has 0 aromatic heterocycles. The quantitative estimate of drug-likeness (QED) is 0.554. The molecule has 1 saturated heterocycles. The average molecular weight is 423 g/mol. The first-order valence-electron chi connectivity index (χ1n) is 6.98. The van der Waals surface area contributed by atoms with Crippen LogP contribution in [0.4, 0.5) is 8.78 Å². The molecule has 1 aromatic rings. The minimum Gasteiger partial charge on any atom is -0.462 e. The van der Waals surface area contributed by atoms with Crippen molar-refractivity contribution in [1.82, 2.24) is 4.90 Å². The highest BCUT2D eigenvalue weighted by molar-refractivity contribution is 14.1. The Hall–Kier alpha value is -1.25. The smallest absolute Gasteiger partial charge is 0.339 e. The summed E-state index contributed by atoms with van der Waals surface area (Å²) in [5.74, 6) is -3.52. The fourth-order valence-electron chi connectivity index (χ4n) is 2.27. The molecule has 1 aromatic carbocycles. The first kappa shape index (κ1) is 17.1. The summed E-state index contributed by atoms with van der Waals surface area (Å²) in [5.41, 5.74) is 0.659. The van der Waals surface area contributed by atoms with Crippen LogP contribution < -0.4 is 0 Å². The number of esters is 1. The van der Waals surface area contributed by atoms with Gasteiger partial charge in [0.1, 0.15) is 0 Å². The molecule has 0 atom stereocenters. The SMILES string of the molecule is CCOC(=O)c1cccc(C(=O)N2CCC(F)(F)CC2)c1I. The Bertz CT molecular complexity index is 582. The molecule has 1 aliphatic rings. The number of carbonyl (C=O) groups excluding carboxylic acids is 2. The number of ether oxygens (including phenoxy) is 1. The molecule has 0 radical (unpaired) electrons. The number of amides is 1. The van der Waals surface area contributed by atoms with Gasteiger partial charge in [-0.05, 0) is 41.6 Å². The van der Waals surface area contributed by atoms with Crippen molar-refractivity contribution in [2.45, 2.75) is 25.7 Å². The maximum atomic E-state index is 13.2. The minimum atomic E-state index is -2.70. The third kappa shape index (κ3) is 3.74. The summed E-state index contributed by atoms with van der Waals surface area (Å²) in [6.45, 7) is 1.99. The lowest BCUT2D eigenvalue weighted by Crippen LogP contribution is -2.43. The molecule has 1 amide bonds. The second-order valence-corrected chi connectivity index (χ2v) is 6.11. The Morgan fingerprint density at radius 2 is 1.86 bits per heavy atom. The number of alkyl halides is 2. The highest BCUT2D eigenvalue weighted by Gasteiger charge is 2.36. The molecule has 0 N–H and O–H groups in total. The summed E-state index contributed by atoms with van der Waals surface area (Å²) < 4.78 is 31.8. The van der Waals surface area contributed by atoms with Crippen LogP contribution >= 0.6 is 22.6 Å². The molecule has 0 saturated carbocycles.